The zero-order chi connectivity index (χ0) is 21.3. The average Bonchev–Trinajstić information content (AvgIpc) is 2.74. The molecule has 6 nitrogen and oxygen atoms in total. The number of hydrogen-bond donors (Lipinski definition) is 2. The molecule has 0 atom stereocenters. The number of rotatable bonds is 8. The van der Waals surface area contributed by atoms with Crippen LogP contribution in [0.2, 0.25) is 0 Å². The van der Waals surface area contributed by atoms with E-state index in [4.69, 9.17) is 4.74 Å². The van der Waals surface area contributed by atoms with E-state index in [0.717, 1.165) is 18.7 Å². The van der Waals surface area contributed by atoms with Crippen molar-refractivity contribution < 1.29 is 23.1 Å². The zero-order valence-corrected chi connectivity index (χ0v) is 16.6. The number of hydrogen-bond acceptors (Lipinski definition) is 4. The monoisotopic (exact) mass is 417 g/mol. The predicted molar refractivity (Wildman–Crippen MR) is 110 cm³/mol. The van der Waals surface area contributed by atoms with Crippen LogP contribution in [0.5, 0.6) is 0 Å². The van der Waals surface area contributed by atoms with Gasteiger partial charge in [-0.3, -0.25) is 14.5 Å². The van der Waals surface area contributed by atoms with Crippen molar-refractivity contribution in [3.63, 3.8) is 0 Å². The lowest BCUT2D eigenvalue weighted by Gasteiger charge is -2.26. The molecule has 1 heterocycles. The van der Waals surface area contributed by atoms with Crippen LogP contribution >= 0.6 is 0 Å². The Morgan fingerprint density at radius 2 is 1.73 bits per heavy atom. The number of ether oxygens (including phenoxy) is 1. The van der Waals surface area contributed by atoms with Crippen LogP contribution in [0.4, 0.5) is 20.2 Å². The van der Waals surface area contributed by atoms with Gasteiger partial charge in [0.15, 0.2) is 0 Å². The van der Waals surface area contributed by atoms with Crippen LogP contribution in [-0.4, -0.2) is 49.6 Å². The fourth-order valence-corrected chi connectivity index (χ4v) is 3.17. The molecule has 0 aliphatic carbocycles. The van der Waals surface area contributed by atoms with Gasteiger partial charge in [0.25, 0.3) is 0 Å². The third-order valence-electron chi connectivity index (χ3n) is 4.81. The number of morpholine rings is 1. The smallest absolute Gasteiger partial charge is 0.225 e. The van der Waals surface area contributed by atoms with Crippen molar-refractivity contribution in [2.75, 3.05) is 43.5 Å². The largest absolute Gasteiger partial charge is 0.379 e. The van der Waals surface area contributed by atoms with Gasteiger partial charge in [0.1, 0.15) is 11.6 Å². The Kier molecular flexibility index (Phi) is 7.87. The zero-order valence-electron chi connectivity index (χ0n) is 16.6. The second-order valence-corrected chi connectivity index (χ2v) is 7.12. The molecule has 3 rings (SSSR count). The van der Waals surface area contributed by atoms with E-state index in [1.54, 1.807) is 12.1 Å². The van der Waals surface area contributed by atoms with Crippen molar-refractivity contribution >= 4 is 23.2 Å². The lowest BCUT2D eigenvalue weighted by molar-refractivity contribution is -0.117. The van der Waals surface area contributed by atoms with Gasteiger partial charge in [-0.15, -0.1) is 0 Å². The van der Waals surface area contributed by atoms with Crippen LogP contribution < -0.4 is 10.6 Å². The summed E-state index contributed by atoms with van der Waals surface area (Å²) in [6.45, 7) is 3.43. The number of nitrogens with zero attached hydrogens (tertiary/aromatic N) is 1. The summed E-state index contributed by atoms with van der Waals surface area (Å²) in [7, 11) is 0. The normalized spacial score (nSPS) is 14.3. The van der Waals surface area contributed by atoms with E-state index in [9.17, 15) is 18.4 Å². The summed E-state index contributed by atoms with van der Waals surface area (Å²) in [5.41, 5.74) is 1.12. The number of anilines is 2. The lowest BCUT2D eigenvalue weighted by atomic mass is 10.1. The van der Waals surface area contributed by atoms with Crippen LogP contribution in [-0.2, 0) is 20.7 Å². The Morgan fingerprint density at radius 1 is 0.967 bits per heavy atom. The average molecular weight is 417 g/mol. The molecule has 160 valence electrons. The van der Waals surface area contributed by atoms with E-state index in [1.165, 1.54) is 30.3 Å². The maximum absolute atomic E-state index is 14.1. The fourth-order valence-electron chi connectivity index (χ4n) is 3.17. The van der Waals surface area contributed by atoms with Crippen LogP contribution in [0, 0.1) is 11.6 Å². The van der Waals surface area contributed by atoms with Crippen LogP contribution in [0.3, 0.4) is 0 Å². The molecule has 0 bridgehead atoms. The molecule has 1 aliphatic heterocycles. The Labute approximate surface area is 174 Å². The molecule has 2 N–H and O–H groups in total. The minimum absolute atomic E-state index is 0.0184. The van der Waals surface area contributed by atoms with E-state index < -0.39 is 5.82 Å². The second kappa shape index (κ2) is 10.8. The molecule has 0 unspecified atom stereocenters. The molecule has 1 saturated heterocycles. The van der Waals surface area contributed by atoms with Gasteiger partial charge in [-0.2, -0.15) is 0 Å². The van der Waals surface area contributed by atoms with E-state index in [1.807, 2.05) is 0 Å². The van der Waals surface area contributed by atoms with E-state index in [2.05, 4.69) is 15.5 Å². The summed E-state index contributed by atoms with van der Waals surface area (Å²) in [6, 6.07) is 10.1. The van der Waals surface area contributed by atoms with Gasteiger partial charge in [0.2, 0.25) is 11.8 Å². The van der Waals surface area contributed by atoms with Gasteiger partial charge in [-0.05, 0) is 42.3 Å². The minimum Gasteiger partial charge on any atom is -0.379 e. The van der Waals surface area contributed by atoms with Gasteiger partial charge in [-0.25, -0.2) is 8.78 Å². The number of nitrogens with one attached hydrogen (secondary N) is 2. The van der Waals surface area contributed by atoms with Crippen LogP contribution in [0.1, 0.15) is 18.4 Å². The third kappa shape index (κ3) is 6.89. The number of aryl methyl sites for hydroxylation is 1. The van der Waals surface area contributed by atoms with E-state index in [-0.39, 0.29) is 36.2 Å². The number of carbonyl (C=O) groups excluding carboxylic acids is 2. The molecule has 8 heteroatoms. The molecular formula is C22H25F2N3O3. The molecular weight excluding hydrogens is 392 g/mol. The second-order valence-electron chi connectivity index (χ2n) is 7.12. The summed E-state index contributed by atoms with van der Waals surface area (Å²) in [6.07, 6.45) is 0.779. The van der Waals surface area contributed by atoms with Crippen molar-refractivity contribution in [1.29, 1.82) is 0 Å². The van der Waals surface area contributed by atoms with Crippen LogP contribution in [0.25, 0.3) is 0 Å². The van der Waals surface area contributed by atoms with Gasteiger partial charge in [0.05, 0.1) is 18.9 Å². The summed E-state index contributed by atoms with van der Waals surface area (Å²) in [4.78, 5) is 26.5. The Balaban J connectivity index is 1.49. The lowest BCUT2D eigenvalue weighted by Crippen LogP contribution is -2.38. The minimum atomic E-state index is -0.576. The fraction of sp³-hybridized carbons (Fsp3) is 0.364. The number of amides is 2. The number of benzene rings is 2. The Hall–Kier alpha value is -2.84. The highest BCUT2D eigenvalue weighted by atomic mass is 19.1. The van der Waals surface area contributed by atoms with Gasteiger partial charge >= 0.3 is 0 Å². The standard InChI is InChI=1S/C22H25F2N3O3/c23-17-3-1-2-16(14-17)4-7-21(28)25-18-5-6-19(24)20(15-18)26-22(29)8-9-27-10-12-30-13-11-27/h1-3,5-6,14-15H,4,7-13H2,(H,25,28)(H,26,29). The molecule has 0 aromatic heterocycles. The molecule has 0 saturated carbocycles. The van der Waals surface area contributed by atoms with Crippen molar-refractivity contribution in [2.24, 2.45) is 0 Å². The van der Waals surface area contributed by atoms with Gasteiger partial charge in [-0.1, -0.05) is 12.1 Å². The predicted octanol–water partition coefficient (Wildman–Crippen LogP) is 3.20. The topological polar surface area (TPSA) is 70.7 Å². The Bertz CT molecular complexity index is 886. The first-order chi connectivity index (χ1) is 14.5. The van der Waals surface area contributed by atoms with Gasteiger partial charge in [0, 0.05) is 38.2 Å². The molecule has 2 amide bonds. The summed E-state index contributed by atoms with van der Waals surface area (Å²) < 4.78 is 32.6. The number of halogens is 2. The highest BCUT2D eigenvalue weighted by molar-refractivity contribution is 5.94. The summed E-state index contributed by atoms with van der Waals surface area (Å²) >= 11 is 0. The highest BCUT2D eigenvalue weighted by Gasteiger charge is 2.14. The van der Waals surface area contributed by atoms with Crippen LogP contribution in [0.15, 0.2) is 42.5 Å². The molecule has 1 fully saturated rings. The van der Waals surface area contributed by atoms with Crippen molar-refractivity contribution in [3.8, 4) is 0 Å². The SMILES string of the molecule is O=C(CCc1cccc(F)c1)Nc1ccc(F)c(NC(=O)CCN2CCOCC2)c1. The highest BCUT2D eigenvalue weighted by Crippen LogP contribution is 2.20. The van der Waals surface area contributed by atoms with Crippen molar-refractivity contribution in [2.45, 2.75) is 19.3 Å². The number of carbonyl (C=O) groups is 2. The quantitative estimate of drug-likeness (QED) is 0.692. The van der Waals surface area contributed by atoms with Gasteiger partial charge < -0.3 is 15.4 Å². The molecule has 2 aromatic rings. The Morgan fingerprint density at radius 3 is 2.50 bits per heavy atom. The molecule has 30 heavy (non-hydrogen) atoms. The molecule has 2 aromatic carbocycles. The van der Waals surface area contributed by atoms with Crippen molar-refractivity contribution in [1.82, 2.24) is 4.90 Å². The molecule has 0 spiro atoms. The first-order valence-corrected chi connectivity index (χ1v) is 9.93. The first kappa shape index (κ1) is 21.9. The maximum atomic E-state index is 14.1. The van der Waals surface area contributed by atoms with Crippen molar-refractivity contribution in [3.05, 3.63) is 59.7 Å². The molecule has 1 aliphatic rings. The third-order valence-corrected chi connectivity index (χ3v) is 4.81. The molecule has 0 radical (unpaired) electrons. The van der Waals surface area contributed by atoms with E-state index in [0.29, 0.717) is 31.9 Å². The first-order valence-electron chi connectivity index (χ1n) is 9.93. The summed E-state index contributed by atoms with van der Waals surface area (Å²) in [5.74, 6) is -1.50. The van der Waals surface area contributed by atoms with E-state index >= 15 is 0 Å². The maximum Gasteiger partial charge on any atom is 0.225 e. The summed E-state index contributed by atoms with van der Waals surface area (Å²) in [5, 5.41) is 5.24.